The van der Waals surface area contributed by atoms with Gasteiger partial charge in [-0.15, -0.1) is 0 Å². The number of nitriles is 1. The zero-order chi connectivity index (χ0) is 19.1. The maximum Gasteiger partial charge on any atom is 0.203 e. The van der Waals surface area contributed by atoms with Crippen LogP contribution in [0.2, 0.25) is 0 Å². The third-order valence-corrected chi connectivity index (χ3v) is 3.85. The van der Waals surface area contributed by atoms with Crippen LogP contribution in [0.25, 0.3) is 11.6 Å². The molecule has 2 rings (SSSR count). The minimum atomic E-state index is 0.441. The van der Waals surface area contributed by atoms with Gasteiger partial charge >= 0.3 is 0 Å². The van der Waals surface area contributed by atoms with Crippen molar-refractivity contribution in [1.82, 2.24) is 0 Å². The van der Waals surface area contributed by atoms with Gasteiger partial charge in [0.05, 0.1) is 47.2 Å². The molecule has 136 valence electrons. The topological polar surface area (TPSA) is 69.9 Å². The van der Waals surface area contributed by atoms with Gasteiger partial charge in [-0.1, -0.05) is 0 Å². The smallest absolute Gasteiger partial charge is 0.203 e. The summed E-state index contributed by atoms with van der Waals surface area (Å²) in [4.78, 5) is 0. The monoisotopic (exact) mass is 355 g/mol. The van der Waals surface area contributed by atoms with E-state index < -0.39 is 0 Å². The summed E-state index contributed by atoms with van der Waals surface area (Å²) < 4.78 is 26.7. The number of hydrogen-bond donors (Lipinski definition) is 0. The fourth-order valence-corrected chi connectivity index (χ4v) is 2.58. The van der Waals surface area contributed by atoms with Crippen LogP contribution in [0, 0.1) is 11.3 Å². The molecule has 0 aliphatic carbocycles. The molecule has 6 nitrogen and oxygen atoms in total. The Morgan fingerprint density at radius 2 is 1.38 bits per heavy atom. The highest BCUT2D eigenvalue weighted by Crippen LogP contribution is 2.41. The zero-order valence-electron chi connectivity index (χ0n) is 15.5. The molecule has 0 saturated heterocycles. The van der Waals surface area contributed by atoms with E-state index >= 15 is 0 Å². The third kappa shape index (κ3) is 3.67. The second-order valence-corrected chi connectivity index (χ2v) is 5.16. The molecule has 0 heterocycles. The molecule has 0 atom stereocenters. The molecule has 0 radical (unpaired) electrons. The molecule has 0 saturated carbocycles. The average molecular weight is 355 g/mol. The molecular weight excluding hydrogens is 334 g/mol. The van der Waals surface area contributed by atoms with Gasteiger partial charge in [-0.2, -0.15) is 5.26 Å². The Labute approximate surface area is 153 Å². The maximum atomic E-state index is 9.63. The summed E-state index contributed by atoms with van der Waals surface area (Å²) in [6.45, 7) is 0. The van der Waals surface area contributed by atoms with Crippen LogP contribution in [0.1, 0.15) is 11.1 Å². The highest BCUT2D eigenvalue weighted by molar-refractivity contribution is 5.91. The van der Waals surface area contributed by atoms with E-state index in [2.05, 4.69) is 6.07 Å². The van der Waals surface area contributed by atoms with Gasteiger partial charge in [0.2, 0.25) is 5.75 Å². The quantitative estimate of drug-likeness (QED) is 0.556. The molecule has 0 amide bonds. The Hall–Kier alpha value is -3.33. The molecule has 2 aromatic carbocycles. The van der Waals surface area contributed by atoms with Gasteiger partial charge in [0.1, 0.15) is 0 Å². The number of nitrogens with zero attached hydrogens (tertiary/aromatic N) is 1. The molecule has 0 aliphatic heterocycles. The highest BCUT2D eigenvalue weighted by Gasteiger charge is 2.16. The Balaban J connectivity index is 2.58. The molecule has 0 N–H and O–H groups in total. The Morgan fingerprint density at radius 3 is 1.92 bits per heavy atom. The normalized spacial score (nSPS) is 10.7. The summed E-state index contributed by atoms with van der Waals surface area (Å²) in [7, 11) is 7.74. The first-order valence-electron chi connectivity index (χ1n) is 7.76. The minimum absolute atomic E-state index is 0.441. The van der Waals surface area contributed by atoms with Gasteiger partial charge < -0.3 is 23.7 Å². The first-order chi connectivity index (χ1) is 12.6. The Bertz CT molecular complexity index is 852. The largest absolute Gasteiger partial charge is 0.493 e. The number of methoxy groups -OCH3 is 5. The van der Waals surface area contributed by atoms with E-state index in [4.69, 9.17) is 23.7 Å². The van der Waals surface area contributed by atoms with Gasteiger partial charge in [-0.3, -0.25) is 0 Å². The molecule has 26 heavy (non-hydrogen) atoms. The van der Waals surface area contributed by atoms with Crippen molar-refractivity contribution in [3.63, 3.8) is 0 Å². The van der Waals surface area contributed by atoms with Crippen LogP contribution in [-0.2, 0) is 0 Å². The van der Waals surface area contributed by atoms with E-state index in [9.17, 15) is 5.26 Å². The number of ether oxygens (including phenoxy) is 5. The van der Waals surface area contributed by atoms with Crippen LogP contribution in [0.15, 0.2) is 30.3 Å². The van der Waals surface area contributed by atoms with Crippen molar-refractivity contribution >= 4 is 11.6 Å². The van der Waals surface area contributed by atoms with E-state index in [0.29, 0.717) is 45.4 Å². The first-order valence-corrected chi connectivity index (χ1v) is 7.76. The first kappa shape index (κ1) is 19.0. The zero-order valence-corrected chi connectivity index (χ0v) is 15.5. The standard InChI is InChI=1S/C20H21NO5/c1-22-16-8-6-13(11-18(16)24-3)15(12-21)10-14-7-9-17(23-2)20(26-5)19(14)25-4/h6-11H,1-5H3/b15-10+. The van der Waals surface area contributed by atoms with Crippen LogP contribution in [0.4, 0.5) is 0 Å². The highest BCUT2D eigenvalue weighted by atomic mass is 16.5. The number of hydrogen-bond acceptors (Lipinski definition) is 6. The van der Waals surface area contributed by atoms with E-state index in [-0.39, 0.29) is 0 Å². The molecular formula is C20H21NO5. The van der Waals surface area contributed by atoms with Crippen molar-refractivity contribution in [3.8, 4) is 34.8 Å². The van der Waals surface area contributed by atoms with Crippen molar-refractivity contribution < 1.29 is 23.7 Å². The van der Waals surface area contributed by atoms with Gasteiger partial charge in [0, 0.05) is 5.56 Å². The van der Waals surface area contributed by atoms with Crippen LogP contribution in [-0.4, -0.2) is 35.5 Å². The molecule has 0 spiro atoms. The third-order valence-electron chi connectivity index (χ3n) is 3.85. The van der Waals surface area contributed by atoms with Crippen LogP contribution < -0.4 is 23.7 Å². The SMILES string of the molecule is COc1ccc(/C(C#N)=C/c2ccc(OC)c(OC)c2OC)cc1OC. The van der Waals surface area contributed by atoms with E-state index in [1.807, 2.05) is 0 Å². The summed E-state index contributed by atoms with van der Waals surface area (Å²) >= 11 is 0. The van der Waals surface area contributed by atoms with Crippen molar-refractivity contribution in [2.24, 2.45) is 0 Å². The molecule has 0 aliphatic rings. The second-order valence-electron chi connectivity index (χ2n) is 5.16. The van der Waals surface area contributed by atoms with Gasteiger partial charge in [-0.05, 0) is 42.0 Å². The molecule has 0 unspecified atom stereocenters. The lowest BCUT2D eigenvalue weighted by Crippen LogP contribution is -1.97. The van der Waals surface area contributed by atoms with Gasteiger partial charge in [0.15, 0.2) is 23.0 Å². The van der Waals surface area contributed by atoms with Crippen molar-refractivity contribution in [2.45, 2.75) is 0 Å². The molecule has 0 aromatic heterocycles. The Kier molecular flexibility index (Phi) is 6.34. The van der Waals surface area contributed by atoms with Crippen molar-refractivity contribution in [2.75, 3.05) is 35.5 Å². The molecule has 6 heteroatoms. The van der Waals surface area contributed by atoms with Gasteiger partial charge in [-0.25, -0.2) is 0 Å². The van der Waals surface area contributed by atoms with Gasteiger partial charge in [0.25, 0.3) is 0 Å². The predicted molar refractivity (Wildman–Crippen MR) is 99.1 cm³/mol. The van der Waals surface area contributed by atoms with E-state index in [1.54, 1.807) is 57.7 Å². The van der Waals surface area contributed by atoms with Crippen LogP contribution in [0.5, 0.6) is 28.7 Å². The maximum absolute atomic E-state index is 9.63. The van der Waals surface area contributed by atoms with Crippen molar-refractivity contribution in [1.29, 1.82) is 5.26 Å². The number of allylic oxidation sites excluding steroid dienone is 1. The molecule has 2 aromatic rings. The lowest BCUT2D eigenvalue weighted by molar-refractivity contribution is 0.324. The van der Waals surface area contributed by atoms with Crippen LogP contribution in [0.3, 0.4) is 0 Å². The lowest BCUT2D eigenvalue weighted by Gasteiger charge is -2.14. The predicted octanol–water partition coefficient (Wildman–Crippen LogP) is 3.79. The van der Waals surface area contributed by atoms with Crippen molar-refractivity contribution in [3.05, 3.63) is 41.5 Å². The summed E-state index contributed by atoms with van der Waals surface area (Å²) in [5, 5.41) is 9.63. The molecule has 0 fully saturated rings. The average Bonchev–Trinajstić information content (AvgIpc) is 2.70. The summed E-state index contributed by atoms with van der Waals surface area (Å²) in [6.07, 6.45) is 1.72. The van der Waals surface area contributed by atoms with Crippen LogP contribution >= 0.6 is 0 Å². The molecule has 0 bridgehead atoms. The summed E-state index contributed by atoms with van der Waals surface area (Å²) in [6, 6.07) is 11.1. The summed E-state index contributed by atoms with van der Waals surface area (Å²) in [5.74, 6) is 2.64. The number of rotatable bonds is 7. The fourth-order valence-electron chi connectivity index (χ4n) is 2.58. The number of benzene rings is 2. The lowest BCUT2D eigenvalue weighted by atomic mass is 10.0. The Morgan fingerprint density at radius 1 is 0.769 bits per heavy atom. The minimum Gasteiger partial charge on any atom is -0.493 e. The summed E-state index contributed by atoms with van der Waals surface area (Å²) in [5.41, 5.74) is 1.83. The fraction of sp³-hybridized carbons (Fsp3) is 0.250. The second kappa shape index (κ2) is 8.67. The van der Waals surface area contributed by atoms with E-state index in [1.165, 1.54) is 14.2 Å². The van der Waals surface area contributed by atoms with E-state index in [0.717, 1.165) is 0 Å².